The number of carbonyl (C=O) groups is 1. The van der Waals surface area contributed by atoms with Gasteiger partial charge in [-0.1, -0.05) is 38.3 Å². The Morgan fingerprint density at radius 2 is 2.19 bits per heavy atom. The van der Waals surface area contributed by atoms with E-state index >= 15 is 0 Å². The van der Waals surface area contributed by atoms with E-state index in [1.54, 1.807) is 11.8 Å². The number of aliphatic hydroxyl groups excluding tert-OH is 2. The molecule has 0 aromatic heterocycles. The number of hydrogen-bond acceptors (Lipinski definition) is 5. The molecular formula is C20H33NO4S. The van der Waals surface area contributed by atoms with Crippen molar-refractivity contribution in [3.63, 3.8) is 0 Å². The minimum absolute atomic E-state index is 0.0293. The molecule has 0 bridgehead atoms. The Hall–Kier alpha value is -0.850. The van der Waals surface area contributed by atoms with Crippen LogP contribution in [0.15, 0.2) is 17.1 Å². The van der Waals surface area contributed by atoms with Gasteiger partial charge in [0.05, 0.1) is 22.8 Å². The fourth-order valence-electron chi connectivity index (χ4n) is 4.12. The van der Waals surface area contributed by atoms with Crippen LogP contribution >= 0.6 is 11.8 Å². The summed E-state index contributed by atoms with van der Waals surface area (Å²) in [6.07, 6.45) is 9.42. The van der Waals surface area contributed by atoms with E-state index in [4.69, 9.17) is 10.1 Å². The van der Waals surface area contributed by atoms with Gasteiger partial charge in [-0.3, -0.25) is 9.79 Å². The average molecular weight is 384 g/mol. The molecule has 1 fully saturated rings. The smallest absolute Gasteiger partial charge is 0.303 e. The summed E-state index contributed by atoms with van der Waals surface area (Å²) < 4.78 is 0. The maximum Gasteiger partial charge on any atom is 0.303 e. The number of carboxylic acid groups (broad SMARTS) is 1. The number of nitrogens with zero attached hydrogens (tertiary/aromatic N) is 1. The second-order valence-corrected chi connectivity index (χ2v) is 8.98. The molecule has 2 rings (SSSR count). The fraction of sp³-hybridized carbons (Fsp3) is 0.800. The molecule has 6 heteroatoms. The van der Waals surface area contributed by atoms with E-state index < -0.39 is 18.2 Å². The topological polar surface area (TPSA) is 90.1 Å². The Morgan fingerprint density at radius 1 is 1.42 bits per heavy atom. The lowest BCUT2D eigenvalue weighted by Crippen LogP contribution is -2.25. The number of fused-ring (bicyclic) bond motifs is 1. The summed E-state index contributed by atoms with van der Waals surface area (Å²) in [7, 11) is 0. The zero-order valence-electron chi connectivity index (χ0n) is 15.9. The number of aliphatic hydroxyl groups is 2. The van der Waals surface area contributed by atoms with Gasteiger partial charge in [0.2, 0.25) is 0 Å². The Morgan fingerprint density at radius 3 is 2.88 bits per heavy atom. The first-order valence-electron chi connectivity index (χ1n) is 9.83. The highest BCUT2D eigenvalue weighted by atomic mass is 32.2. The lowest BCUT2D eigenvalue weighted by atomic mass is 9.84. The van der Waals surface area contributed by atoms with Gasteiger partial charge in [0.1, 0.15) is 0 Å². The molecule has 5 atom stereocenters. The minimum atomic E-state index is -0.756. The zero-order chi connectivity index (χ0) is 19.2. The molecule has 1 saturated carbocycles. The number of rotatable bonds is 10. The molecule has 5 nitrogen and oxygen atoms in total. The van der Waals surface area contributed by atoms with Crippen molar-refractivity contribution < 1.29 is 20.1 Å². The molecule has 148 valence electrons. The van der Waals surface area contributed by atoms with Crippen molar-refractivity contribution in [1.29, 1.82) is 0 Å². The van der Waals surface area contributed by atoms with Gasteiger partial charge in [-0.25, -0.2) is 0 Å². The van der Waals surface area contributed by atoms with Gasteiger partial charge in [-0.15, -0.1) is 11.8 Å². The zero-order valence-corrected chi connectivity index (χ0v) is 16.7. The molecule has 1 aliphatic carbocycles. The maximum atomic E-state index is 10.6. The van der Waals surface area contributed by atoms with Crippen LogP contribution in [0, 0.1) is 11.8 Å². The van der Waals surface area contributed by atoms with Crippen LogP contribution in [-0.4, -0.2) is 49.8 Å². The van der Waals surface area contributed by atoms with Gasteiger partial charge >= 0.3 is 5.97 Å². The standard InChI is InChI=1S/C20H33NO4S/c1-3-4-5-7-14(22)9-10-15-16-12-18(26-11-6-8-19(24)25)21-20(16,2)13-17(15)23/h9-10,14-17,22-23H,3-8,11-13H2,1-2H3,(H,24,25). The lowest BCUT2D eigenvalue weighted by Gasteiger charge is -2.22. The number of carboxylic acids is 1. The van der Waals surface area contributed by atoms with Crippen molar-refractivity contribution in [3.8, 4) is 0 Å². The highest BCUT2D eigenvalue weighted by Crippen LogP contribution is 2.50. The molecule has 26 heavy (non-hydrogen) atoms. The van der Waals surface area contributed by atoms with E-state index in [2.05, 4.69) is 13.8 Å². The average Bonchev–Trinajstić information content (AvgIpc) is 2.99. The van der Waals surface area contributed by atoms with E-state index in [0.717, 1.165) is 42.9 Å². The van der Waals surface area contributed by atoms with Gasteiger partial charge in [0.25, 0.3) is 0 Å². The number of thioether (sulfide) groups is 1. The van der Waals surface area contributed by atoms with Crippen molar-refractivity contribution in [3.05, 3.63) is 12.2 Å². The summed E-state index contributed by atoms with van der Waals surface area (Å²) in [5.74, 6) is 0.307. The highest BCUT2D eigenvalue weighted by molar-refractivity contribution is 8.13. The number of aliphatic imine (C=N–C) groups is 1. The third-order valence-corrected chi connectivity index (χ3v) is 6.65. The van der Waals surface area contributed by atoms with Crippen molar-refractivity contribution in [2.45, 2.75) is 83.0 Å². The highest BCUT2D eigenvalue weighted by Gasteiger charge is 2.52. The van der Waals surface area contributed by atoms with Crippen molar-refractivity contribution in [2.75, 3.05) is 5.75 Å². The molecule has 0 radical (unpaired) electrons. The molecule has 5 unspecified atom stereocenters. The first-order valence-corrected chi connectivity index (χ1v) is 10.8. The molecular weight excluding hydrogens is 350 g/mol. The Bertz CT molecular complexity index is 536. The molecule has 1 heterocycles. The SMILES string of the molecule is CCCCCC(O)C=CC1C(O)CC2(C)N=C(SCCCC(=O)O)CC12. The molecule has 0 aromatic rings. The van der Waals surface area contributed by atoms with Crippen LogP contribution in [0.25, 0.3) is 0 Å². The summed E-state index contributed by atoms with van der Waals surface area (Å²) >= 11 is 1.65. The quantitative estimate of drug-likeness (QED) is 0.396. The number of aliphatic carboxylic acids is 1. The summed E-state index contributed by atoms with van der Waals surface area (Å²) in [6, 6.07) is 0. The second-order valence-electron chi connectivity index (χ2n) is 7.82. The van der Waals surface area contributed by atoms with Crippen molar-refractivity contribution in [1.82, 2.24) is 0 Å². The van der Waals surface area contributed by atoms with Crippen LogP contribution in [-0.2, 0) is 4.79 Å². The van der Waals surface area contributed by atoms with E-state index in [1.807, 2.05) is 12.2 Å². The first-order chi connectivity index (χ1) is 12.4. The monoisotopic (exact) mass is 383 g/mol. The largest absolute Gasteiger partial charge is 0.481 e. The molecule has 3 N–H and O–H groups in total. The van der Waals surface area contributed by atoms with Crippen LogP contribution in [0.2, 0.25) is 0 Å². The van der Waals surface area contributed by atoms with Crippen molar-refractivity contribution >= 4 is 22.8 Å². The van der Waals surface area contributed by atoms with E-state index in [9.17, 15) is 15.0 Å². The van der Waals surface area contributed by atoms with E-state index in [1.165, 1.54) is 0 Å². The number of hydrogen-bond donors (Lipinski definition) is 3. The summed E-state index contributed by atoms with van der Waals surface area (Å²) in [4.78, 5) is 15.5. The van der Waals surface area contributed by atoms with Gasteiger partial charge in [0, 0.05) is 18.8 Å². The Kier molecular flexibility index (Phi) is 8.17. The third kappa shape index (κ3) is 5.83. The molecule has 2 aliphatic rings. The normalized spacial score (nSPS) is 32.0. The van der Waals surface area contributed by atoms with Crippen LogP contribution in [0.4, 0.5) is 0 Å². The van der Waals surface area contributed by atoms with Crippen LogP contribution in [0.5, 0.6) is 0 Å². The summed E-state index contributed by atoms with van der Waals surface area (Å²) in [5.41, 5.74) is -0.239. The first kappa shape index (κ1) is 21.5. The summed E-state index contributed by atoms with van der Waals surface area (Å²) in [6.45, 7) is 4.26. The van der Waals surface area contributed by atoms with Gasteiger partial charge < -0.3 is 15.3 Å². The molecule has 0 amide bonds. The van der Waals surface area contributed by atoms with Gasteiger partial charge in [-0.05, 0) is 37.9 Å². The van der Waals surface area contributed by atoms with Gasteiger partial charge in [-0.2, -0.15) is 0 Å². The van der Waals surface area contributed by atoms with Crippen molar-refractivity contribution in [2.24, 2.45) is 16.8 Å². The predicted octanol–water partition coefficient (Wildman–Crippen LogP) is 3.64. The third-order valence-electron chi connectivity index (χ3n) is 5.57. The molecule has 0 saturated heterocycles. The fourth-order valence-corrected chi connectivity index (χ4v) is 5.21. The van der Waals surface area contributed by atoms with E-state index in [0.29, 0.717) is 12.8 Å². The van der Waals surface area contributed by atoms with E-state index in [-0.39, 0.29) is 23.8 Å². The molecule has 0 spiro atoms. The Labute approximate surface area is 161 Å². The lowest BCUT2D eigenvalue weighted by molar-refractivity contribution is -0.137. The van der Waals surface area contributed by atoms with Gasteiger partial charge in [0.15, 0.2) is 0 Å². The predicted molar refractivity (Wildman–Crippen MR) is 107 cm³/mol. The number of unbranched alkanes of at least 4 members (excludes halogenated alkanes) is 2. The minimum Gasteiger partial charge on any atom is -0.481 e. The second kappa shape index (κ2) is 9.90. The molecule has 0 aromatic carbocycles. The Balaban J connectivity index is 1.87. The van der Waals surface area contributed by atoms with Crippen LogP contribution in [0.3, 0.4) is 0 Å². The molecule has 1 aliphatic heterocycles. The van der Waals surface area contributed by atoms with Crippen LogP contribution in [0.1, 0.15) is 65.2 Å². The summed E-state index contributed by atoms with van der Waals surface area (Å²) in [5, 5.41) is 30.4. The maximum absolute atomic E-state index is 10.6. The van der Waals surface area contributed by atoms with Crippen LogP contribution < -0.4 is 0 Å².